The Hall–Kier alpha value is -3.93. The minimum atomic E-state index is -0.280. The number of methoxy groups -OCH3 is 1. The molecule has 2 aliphatic rings. The van der Waals surface area contributed by atoms with Crippen molar-refractivity contribution in [3.63, 3.8) is 0 Å². The second-order valence-corrected chi connectivity index (χ2v) is 7.54. The predicted octanol–water partition coefficient (Wildman–Crippen LogP) is 5.80. The fourth-order valence-corrected chi connectivity index (χ4v) is 4.00. The summed E-state index contributed by atoms with van der Waals surface area (Å²) < 4.78 is 26.8. The average Bonchev–Trinajstić information content (AvgIpc) is 3.24. The van der Waals surface area contributed by atoms with Crippen LogP contribution in [0.25, 0.3) is 33.4 Å². The molecule has 0 bridgehead atoms. The maximum Gasteiger partial charge on any atom is 0.123 e. The van der Waals surface area contributed by atoms with Crippen LogP contribution in [0.3, 0.4) is 0 Å². The molecule has 32 heavy (non-hydrogen) atoms. The molecule has 160 valence electrons. The summed E-state index contributed by atoms with van der Waals surface area (Å²) in [5, 5.41) is 9.90. The van der Waals surface area contributed by atoms with Crippen molar-refractivity contribution in [1.82, 2.24) is 14.8 Å². The number of halogens is 1. The second kappa shape index (κ2) is 8.30. The Bertz CT molecular complexity index is 1360. The maximum atomic E-state index is 13.5. The molecule has 0 N–H and O–H groups in total. The number of benzene rings is 3. The Kier molecular flexibility index (Phi) is 5.19. The first kappa shape index (κ1) is 20.0. The molecule has 0 amide bonds. The van der Waals surface area contributed by atoms with E-state index in [9.17, 15) is 4.39 Å². The average molecular weight is 427 g/mol. The molecule has 0 fully saturated rings. The first-order chi connectivity index (χ1) is 15.7. The molecule has 5 rings (SSSR count). The first-order valence-electron chi connectivity index (χ1n) is 10.5. The van der Waals surface area contributed by atoms with Crippen molar-refractivity contribution in [2.24, 2.45) is 0 Å². The van der Waals surface area contributed by atoms with Crippen molar-refractivity contribution in [2.75, 3.05) is 13.7 Å². The zero-order chi connectivity index (χ0) is 22.1. The van der Waals surface area contributed by atoms with Gasteiger partial charge in [-0.2, -0.15) is 0 Å². The number of ether oxygens (including phenoxy) is 2. The summed E-state index contributed by atoms with van der Waals surface area (Å²) in [5.74, 6) is 1.32. The molecule has 5 nitrogen and oxygen atoms in total. The van der Waals surface area contributed by atoms with Crippen molar-refractivity contribution >= 4 is 10.9 Å². The van der Waals surface area contributed by atoms with E-state index in [1.807, 2.05) is 43.3 Å². The third-order valence-corrected chi connectivity index (χ3v) is 5.49. The predicted molar refractivity (Wildman–Crippen MR) is 123 cm³/mol. The van der Waals surface area contributed by atoms with Crippen LogP contribution in [0.4, 0.5) is 4.39 Å². The van der Waals surface area contributed by atoms with Crippen molar-refractivity contribution in [1.29, 1.82) is 0 Å². The number of hydrogen-bond donors (Lipinski definition) is 0. The van der Waals surface area contributed by atoms with Gasteiger partial charge in [-0.3, -0.25) is 0 Å². The van der Waals surface area contributed by atoms with Crippen LogP contribution < -0.4 is 9.47 Å². The van der Waals surface area contributed by atoms with Gasteiger partial charge in [0.05, 0.1) is 19.2 Å². The number of aromatic nitrogens is 3. The van der Waals surface area contributed by atoms with E-state index >= 15 is 0 Å². The lowest BCUT2D eigenvalue weighted by Crippen LogP contribution is -2.05. The Morgan fingerprint density at radius 1 is 0.906 bits per heavy atom. The molecular weight excluding hydrogens is 405 g/mol. The maximum absolute atomic E-state index is 13.5. The quantitative estimate of drug-likeness (QED) is 0.344. The number of pyridine rings is 1. The molecule has 2 heterocycles. The zero-order valence-electron chi connectivity index (χ0n) is 17.9. The first-order valence-corrected chi connectivity index (χ1v) is 10.5. The van der Waals surface area contributed by atoms with Crippen LogP contribution in [0.2, 0.25) is 0 Å². The Balaban J connectivity index is 1.71. The van der Waals surface area contributed by atoms with E-state index in [0.29, 0.717) is 13.2 Å². The van der Waals surface area contributed by atoms with Gasteiger partial charge < -0.3 is 14.0 Å². The normalized spacial score (nSPS) is 11.2. The van der Waals surface area contributed by atoms with Crippen molar-refractivity contribution < 1.29 is 13.9 Å². The molecule has 0 spiro atoms. The van der Waals surface area contributed by atoms with Crippen LogP contribution in [-0.2, 0) is 6.54 Å². The van der Waals surface area contributed by atoms with Crippen LogP contribution in [-0.4, -0.2) is 28.5 Å². The van der Waals surface area contributed by atoms with Gasteiger partial charge >= 0.3 is 0 Å². The van der Waals surface area contributed by atoms with E-state index < -0.39 is 0 Å². The molecule has 6 heteroatoms. The van der Waals surface area contributed by atoms with Gasteiger partial charge in [0.25, 0.3) is 0 Å². The van der Waals surface area contributed by atoms with E-state index in [4.69, 9.17) is 9.47 Å². The SMILES string of the molecule is CCOc1ccc2c(c1)c1nnc(-c3ccc(F)cc3)c-1cn2Cc1cccc(OC)c1. The lowest BCUT2D eigenvalue weighted by molar-refractivity contribution is 0.340. The lowest BCUT2D eigenvalue weighted by atomic mass is 10.0. The minimum Gasteiger partial charge on any atom is -0.497 e. The summed E-state index contributed by atoms with van der Waals surface area (Å²) in [6.45, 7) is 3.19. The summed E-state index contributed by atoms with van der Waals surface area (Å²) in [6, 6.07) is 20.4. The highest BCUT2D eigenvalue weighted by Gasteiger charge is 2.21. The van der Waals surface area contributed by atoms with Crippen molar-refractivity contribution in [2.45, 2.75) is 13.5 Å². The highest BCUT2D eigenvalue weighted by molar-refractivity contribution is 5.98. The standard InChI is InChI=1S/C26H22FN3O2/c1-3-32-21-11-12-24-22(14-21)26-23(25(28-29-26)18-7-9-19(27)10-8-18)16-30(24)15-17-5-4-6-20(13-17)31-2/h4-14,16H,3,15H2,1-2H3. The number of hydrogen-bond acceptors (Lipinski definition) is 4. The number of fused-ring (bicyclic) bond motifs is 3. The van der Waals surface area contributed by atoms with E-state index in [0.717, 1.165) is 50.5 Å². The van der Waals surface area contributed by atoms with Crippen LogP contribution in [0.1, 0.15) is 12.5 Å². The molecule has 0 saturated heterocycles. The van der Waals surface area contributed by atoms with Gasteiger partial charge in [-0.25, -0.2) is 4.39 Å². The fraction of sp³-hybridized carbons (Fsp3) is 0.154. The fourth-order valence-electron chi connectivity index (χ4n) is 4.00. The summed E-state index contributed by atoms with van der Waals surface area (Å²) in [7, 11) is 1.67. The highest BCUT2D eigenvalue weighted by atomic mass is 19.1. The molecule has 0 aliphatic carbocycles. The molecule has 0 atom stereocenters. The third-order valence-electron chi connectivity index (χ3n) is 5.49. The van der Waals surface area contributed by atoms with E-state index in [1.165, 1.54) is 12.1 Å². The Morgan fingerprint density at radius 3 is 2.50 bits per heavy atom. The van der Waals surface area contributed by atoms with Crippen molar-refractivity contribution in [3.05, 3.63) is 84.3 Å². The number of rotatable bonds is 6. The van der Waals surface area contributed by atoms with Gasteiger partial charge in [0, 0.05) is 29.3 Å². The molecule has 0 aromatic heterocycles. The lowest BCUT2D eigenvalue weighted by Gasteiger charge is -2.16. The number of nitrogens with zero attached hydrogens (tertiary/aromatic N) is 3. The highest BCUT2D eigenvalue weighted by Crippen LogP contribution is 2.38. The van der Waals surface area contributed by atoms with Gasteiger partial charge in [-0.05, 0) is 67.1 Å². The van der Waals surface area contributed by atoms with Gasteiger partial charge in [0.15, 0.2) is 0 Å². The summed E-state index contributed by atoms with van der Waals surface area (Å²) in [5.41, 5.74) is 5.38. The van der Waals surface area contributed by atoms with E-state index in [1.54, 1.807) is 19.2 Å². The summed E-state index contributed by atoms with van der Waals surface area (Å²) >= 11 is 0. The molecule has 0 saturated carbocycles. The van der Waals surface area contributed by atoms with E-state index in [-0.39, 0.29) is 5.82 Å². The third kappa shape index (κ3) is 3.64. The summed E-state index contributed by atoms with van der Waals surface area (Å²) in [4.78, 5) is 0. The molecule has 3 aromatic rings. The molecule has 0 radical (unpaired) electrons. The zero-order valence-corrected chi connectivity index (χ0v) is 17.9. The van der Waals surface area contributed by atoms with Crippen molar-refractivity contribution in [3.8, 4) is 34.0 Å². The Morgan fingerprint density at radius 2 is 1.72 bits per heavy atom. The molecule has 2 aliphatic heterocycles. The summed E-state index contributed by atoms with van der Waals surface area (Å²) in [6.07, 6.45) is 2.07. The Labute approximate surface area is 185 Å². The topological polar surface area (TPSA) is 49.2 Å². The van der Waals surface area contributed by atoms with Crippen LogP contribution >= 0.6 is 0 Å². The molecule has 0 unspecified atom stereocenters. The van der Waals surface area contributed by atoms with Gasteiger partial charge in [-0.15, -0.1) is 10.2 Å². The van der Waals surface area contributed by atoms with Crippen LogP contribution in [0.5, 0.6) is 11.5 Å². The van der Waals surface area contributed by atoms with Gasteiger partial charge in [0.2, 0.25) is 0 Å². The second-order valence-electron chi connectivity index (χ2n) is 7.54. The van der Waals surface area contributed by atoms with Crippen LogP contribution in [0, 0.1) is 5.82 Å². The molecular formula is C26H22FN3O2. The van der Waals surface area contributed by atoms with Gasteiger partial charge in [0.1, 0.15) is 28.7 Å². The smallest absolute Gasteiger partial charge is 0.123 e. The van der Waals surface area contributed by atoms with Gasteiger partial charge in [-0.1, -0.05) is 12.1 Å². The minimum absolute atomic E-state index is 0.280. The largest absolute Gasteiger partial charge is 0.497 e. The molecule has 3 aromatic carbocycles. The van der Waals surface area contributed by atoms with Crippen LogP contribution in [0.15, 0.2) is 72.9 Å². The van der Waals surface area contributed by atoms with E-state index in [2.05, 4.69) is 27.0 Å². The monoisotopic (exact) mass is 427 g/mol.